The van der Waals surface area contributed by atoms with E-state index in [0.717, 1.165) is 11.3 Å². The Hall–Kier alpha value is -1.72. The number of para-hydroxylation sites is 1. The number of likely N-dealkylation sites (N-methyl/N-ethyl adjacent to an activating group) is 1. The van der Waals surface area contributed by atoms with Gasteiger partial charge in [-0.25, -0.2) is 0 Å². The van der Waals surface area contributed by atoms with Gasteiger partial charge in [0.2, 0.25) is 0 Å². The van der Waals surface area contributed by atoms with E-state index in [0.29, 0.717) is 24.5 Å². The highest BCUT2D eigenvalue weighted by Gasteiger charge is 2.20. The monoisotopic (exact) mass is 326 g/mol. The van der Waals surface area contributed by atoms with Gasteiger partial charge in [-0.1, -0.05) is 12.1 Å². The van der Waals surface area contributed by atoms with E-state index < -0.39 is 0 Å². The van der Waals surface area contributed by atoms with Gasteiger partial charge in [-0.2, -0.15) is 0 Å². The molecule has 1 aromatic rings. The highest BCUT2D eigenvalue weighted by Crippen LogP contribution is 2.35. The number of halogens is 1. The van der Waals surface area contributed by atoms with Crippen LogP contribution in [0.15, 0.2) is 23.8 Å². The highest BCUT2D eigenvalue weighted by molar-refractivity contribution is 5.99. The molecule has 22 heavy (non-hydrogen) atoms. The lowest BCUT2D eigenvalue weighted by Crippen LogP contribution is -2.38. The van der Waals surface area contributed by atoms with Gasteiger partial charge in [-0.3, -0.25) is 4.79 Å². The van der Waals surface area contributed by atoms with Crippen molar-refractivity contribution >= 4 is 24.4 Å². The van der Waals surface area contributed by atoms with Crippen molar-refractivity contribution < 1.29 is 14.3 Å². The largest absolute Gasteiger partial charge is 0.490 e. The Bertz CT molecular complexity index is 546. The normalized spacial score (nSPS) is 13.9. The summed E-state index contributed by atoms with van der Waals surface area (Å²) in [5, 5.41) is 5.97. The zero-order valence-electron chi connectivity index (χ0n) is 13.1. The first-order chi connectivity index (χ1) is 10.2. The van der Waals surface area contributed by atoms with Gasteiger partial charge in [0.1, 0.15) is 6.61 Å². The van der Waals surface area contributed by atoms with E-state index >= 15 is 0 Å². The maximum atomic E-state index is 12.1. The van der Waals surface area contributed by atoms with Gasteiger partial charge in [0, 0.05) is 18.2 Å². The lowest BCUT2D eigenvalue weighted by atomic mass is 10.1. The summed E-state index contributed by atoms with van der Waals surface area (Å²) in [6.45, 7) is 5.36. The number of amides is 1. The van der Waals surface area contributed by atoms with E-state index in [-0.39, 0.29) is 31.0 Å². The summed E-state index contributed by atoms with van der Waals surface area (Å²) in [6, 6.07) is 5.92. The van der Waals surface area contributed by atoms with E-state index in [9.17, 15) is 4.79 Å². The van der Waals surface area contributed by atoms with E-state index in [4.69, 9.17) is 9.47 Å². The molecule has 2 N–H and O–H groups in total. The van der Waals surface area contributed by atoms with Gasteiger partial charge < -0.3 is 20.1 Å². The Morgan fingerprint density at radius 3 is 2.91 bits per heavy atom. The number of fused-ring (bicyclic) bond motifs is 1. The molecule has 0 aliphatic carbocycles. The number of hydrogen-bond acceptors (Lipinski definition) is 4. The fourth-order valence-electron chi connectivity index (χ4n) is 2.04. The van der Waals surface area contributed by atoms with Crippen LogP contribution in [0.1, 0.15) is 19.4 Å². The third kappa shape index (κ3) is 4.39. The van der Waals surface area contributed by atoms with E-state index in [1.807, 2.05) is 45.2 Å². The van der Waals surface area contributed by atoms with Crippen LogP contribution in [0.5, 0.6) is 11.5 Å². The number of ether oxygens (including phenoxy) is 2. The van der Waals surface area contributed by atoms with Crippen molar-refractivity contribution in [2.45, 2.75) is 19.9 Å². The quantitative estimate of drug-likeness (QED) is 0.839. The van der Waals surface area contributed by atoms with Crippen molar-refractivity contribution in [1.29, 1.82) is 0 Å². The van der Waals surface area contributed by atoms with Crippen molar-refractivity contribution in [3.8, 4) is 11.5 Å². The molecule has 0 saturated carbocycles. The molecule has 0 fully saturated rings. The average Bonchev–Trinajstić information content (AvgIpc) is 2.52. The van der Waals surface area contributed by atoms with Crippen LogP contribution >= 0.6 is 12.4 Å². The molecule has 0 bridgehead atoms. The maximum absolute atomic E-state index is 12.1. The second-order valence-electron chi connectivity index (χ2n) is 4.97. The summed E-state index contributed by atoms with van der Waals surface area (Å²) in [5.41, 5.74) is 1.50. The molecule has 0 aromatic heterocycles. The van der Waals surface area contributed by atoms with Gasteiger partial charge in [-0.05, 0) is 33.0 Å². The lowest BCUT2D eigenvalue weighted by Gasteiger charge is -2.20. The van der Waals surface area contributed by atoms with Gasteiger partial charge in [0.15, 0.2) is 11.5 Å². The molecule has 2 rings (SSSR count). The van der Waals surface area contributed by atoms with Crippen molar-refractivity contribution in [3.05, 3.63) is 29.3 Å². The van der Waals surface area contributed by atoms with Gasteiger partial charge in [0.05, 0.1) is 12.2 Å². The third-order valence-corrected chi connectivity index (χ3v) is 3.36. The van der Waals surface area contributed by atoms with Crippen molar-refractivity contribution in [2.75, 3.05) is 26.8 Å². The first-order valence-corrected chi connectivity index (χ1v) is 7.20. The number of rotatable bonds is 6. The van der Waals surface area contributed by atoms with E-state index in [2.05, 4.69) is 10.6 Å². The van der Waals surface area contributed by atoms with Crippen LogP contribution in [0.2, 0.25) is 0 Å². The smallest absolute Gasteiger partial charge is 0.250 e. The van der Waals surface area contributed by atoms with Crippen LogP contribution in [0.4, 0.5) is 0 Å². The molecule has 1 aliphatic rings. The van der Waals surface area contributed by atoms with Gasteiger partial charge in [-0.15, -0.1) is 12.4 Å². The average molecular weight is 327 g/mol. The molecule has 1 aliphatic heterocycles. The number of carbonyl (C=O) groups is 1. The molecule has 6 heteroatoms. The predicted octanol–water partition coefficient (Wildman–Crippen LogP) is 2.01. The molecule has 1 unspecified atom stereocenters. The topological polar surface area (TPSA) is 59.6 Å². The minimum absolute atomic E-state index is 0. The number of nitrogens with one attached hydrogen (secondary N) is 2. The number of hydrogen-bond donors (Lipinski definition) is 2. The Labute approximate surface area is 137 Å². The molecule has 122 valence electrons. The van der Waals surface area contributed by atoms with Crippen LogP contribution in [-0.2, 0) is 4.79 Å². The first-order valence-electron chi connectivity index (χ1n) is 7.20. The SMILES string of the molecule is CCOc1cccc2c1OCC(C(=O)NCC(C)NC)=C2.Cl. The molecule has 0 spiro atoms. The summed E-state index contributed by atoms with van der Waals surface area (Å²) in [6.07, 6.45) is 1.86. The Kier molecular flexibility index (Phi) is 7.21. The van der Waals surface area contributed by atoms with Crippen molar-refractivity contribution in [2.24, 2.45) is 0 Å². The summed E-state index contributed by atoms with van der Waals surface area (Å²) in [7, 11) is 1.87. The first kappa shape index (κ1) is 18.3. The van der Waals surface area contributed by atoms with Crippen LogP contribution in [0.3, 0.4) is 0 Å². The zero-order valence-corrected chi connectivity index (χ0v) is 14.0. The lowest BCUT2D eigenvalue weighted by molar-refractivity contribution is -0.117. The second kappa shape index (κ2) is 8.66. The van der Waals surface area contributed by atoms with Crippen LogP contribution < -0.4 is 20.1 Å². The Balaban J connectivity index is 0.00000242. The third-order valence-electron chi connectivity index (χ3n) is 3.36. The summed E-state index contributed by atoms with van der Waals surface area (Å²) in [5.74, 6) is 1.33. The second-order valence-corrected chi connectivity index (χ2v) is 4.97. The van der Waals surface area contributed by atoms with Crippen molar-refractivity contribution in [1.82, 2.24) is 10.6 Å². The van der Waals surface area contributed by atoms with Crippen LogP contribution in [0, 0.1) is 0 Å². The highest BCUT2D eigenvalue weighted by atomic mass is 35.5. The maximum Gasteiger partial charge on any atom is 0.250 e. The molecular weight excluding hydrogens is 304 g/mol. The fourth-order valence-corrected chi connectivity index (χ4v) is 2.04. The molecule has 5 nitrogen and oxygen atoms in total. The zero-order chi connectivity index (χ0) is 15.2. The standard InChI is InChI=1S/C16H22N2O3.ClH/c1-4-20-14-7-5-6-12-8-13(10-21-15(12)14)16(19)18-9-11(2)17-3;/h5-8,11,17H,4,9-10H2,1-3H3,(H,18,19);1H. The minimum atomic E-state index is -0.0930. The summed E-state index contributed by atoms with van der Waals surface area (Å²) < 4.78 is 11.2. The molecule has 0 saturated heterocycles. The minimum Gasteiger partial charge on any atom is -0.490 e. The van der Waals surface area contributed by atoms with Gasteiger partial charge in [0.25, 0.3) is 5.91 Å². The summed E-state index contributed by atoms with van der Waals surface area (Å²) in [4.78, 5) is 12.1. The number of carbonyl (C=O) groups excluding carboxylic acids is 1. The molecular formula is C16H23ClN2O3. The van der Waals surface area contributed by atoms with Gasteiger partial charge >= 0.3 is 0 Å². The summed E-state index contributed by atoms with van der Waals surface area (Å²) >= 11 is 0. The molecule has 1 atom stereocenters. The molecule has 1 heterocycles. The van der Waals surface area contributed by atoms with Crippen LogP contribution in [-0.4, -0.2) is 38.8 Å². The van der Waals surface area contributed by atoms with Crippen LogP contribution in [0.25, 0.3) is 6.08 Å². The van der Waals surface area contributed by atoms with E-state index in [1.54, 1.807) is 0 Å². The molecule has 1 amide bonds. The van der Waals surface area contributed by atoms with E-state index in [1.165, 1.54) is 0 Å². The fraction of sp³-hybridized carbons (Fsp3) is 0.438. The Morgan fingerprint density at radius 2 is 2.23 bits per heavy atom. The predicted molar refractivity (Wildman–Crippen MR) is 89.9 cm³/mol. The van der Waals surface area contributed by atoms with Crippen molar-refractivity contribution in [3.63, 3.8) is 0 Å². The number of benzene rings is 1. The Morgan fingerprint density at radius 1 is 1.45 bits per heavy atom. The molecule has 0 radical (unpaired) electrons. The molecule has 1 aromatic carbocycles.